The van der Waals surface area contributed by atoms with E-state index in [2.05, 4.69) is 15.5 Å². The summed E-state index contributed by atoms with van der Waals surface area (Å²) in [4.78, 5) is 12.6. The molecule has 0 radical (unpaired) electrons. The van der Waals surface area contributed by atoms with Crippen LogP contribution in [0.2, 0.25) is 0 Å². The molecule has 0 bridgehead atoms. The highest BCUT2D eigenvalue weighted by molar-refractivity contribution is 8.00. The molecule has 1 heterocycles. The molecule has 1 N–H and O–H groups in total. The van der Waals surface area contributed by atoms with Crippen molar-refractivity contribution < 1.29 is 13.9 Å². The number of nitrogens with one attached hydrogen (secondary N) is 1. The Bertz CT molecular complexity index is 973. The van der Waals surface area contributed by atoms with Crippen LogP contribution in [0.1, 0.15) is 25.5 Å². The molecule has 0 aliphatic carbocycles. The number of carbonyl (C=O) groups excluding carboxylic acids is 1. The van der Waals surface area contributed by atoms with E-state index in [0.717, 1.165) is 16.9 Å². The van der Waals surface area contributed by atoms with E-state index in [0.29, 0.717) is 11.0 Å². The molecule has 2 aromatic carbocycles. The number of amides is 1. The molecule has 0 aliphatic heterocycles. The fourth-order valence-corrected chi connectivity index (χ4v) is 3.61. The zero-order chi connectivity index (χ0) is 21.0. The summed E-state index contributed by atoms with van der Waals surface area (Å²) >= 11 is 1.33. The fraction of sp³-hybridized carbons (Fsp3) is 0.286. The second kappa shape index (κ2) is 9.09. The first kappa shape index (κ1) is 20.9. The molecule has 0 saturated carbocycles. The summed E-state index contributed by atoms with van der Waals surface area (Å²) in [6.45, 7) is 3.69. The van der Waals surface area contributed by atoms with Crippen LogP contribution in [-0.2, 0) is 11.8 Å². The summed E-state index contributed by atoms with van der Waals surface area (Å²) in [5.74, 6) is 1.06. The molecule has 3 rings (SSSR count). The average Bonchev–Trinajstić information content (AvgIpc) is 3.08. The molecule has 6 nitrogen and oxygen atoms in total. The predicted molar refractivity (Wildman–Crippen MR) is 111 cm³/mol. The lowest BCUT2D eigenvalue weighted by atomic mass is 10.1. The number of hydrogen-bond donors (Lipinski definition) is 1. The number of benzene rings is 2. The summed E-state index contributed by atoms with van der Waals surface area (Å²) in [6, 6.07) is 13.4. The standard InChI is InChI=1S/C21H23FN4O2S/c1-13(15-5-9-17(22)10-6-15)23-20(27)14(2)29-21-25-24-19(26(21)3)16-7-11-18(28-4)12-8-16/h5-14H,1-4H3,(H,23,27)/t13-,14-/m1/s1. The summed E-state index contributed by atoms with van der Waals surface area (Å²) in [6.07, 6.45) is 0. The van der Waals surface area contributed by atoms with Crippen LogP contribution in [0.4, 0.5) is 4.39 Å². The van der Waals surface area contributed by atoms with Gasteiger partial charge in [0.1, 0.15) is 11.6 Å². The second-order valence-corrected chi connectivity index (χ2v) is 7.94. The number of hydrogen-bond acceptors (Lipinski definition) is 5. The minimum absolute atomic E-state index is 0.124. The van der Waals surface area contributed by atoms with Gasteiger partial charge in [-0.3, -0.25) is 4.79 Å². The summed E-state index contributed by atoms with van der Waals surface area (Å²) in [7, 11) is 3.49. The second-order valence-electron chi connectivity index (χ2n) is 6.64. The normalized spacial score (nSPS) is 13.0. The molecule has 0 spiro atoms. The van der Waals surface area contributed by atoms with E-state index in [1.54, 1.807) is 19.2 Å². The molecule has 0 unspecified atom stereocenters. The van der Waals surface area contributed by atoms with Crippen molar-refractivity contribution in [2.45, 2.75) is 30.3 Å². The molecule has 0 saturated heterocycles. The van der Waals surface area contributed by atoms with Crippen LogP contribution in [0.25, 0.3) is 11.4 Å². The van der Waals surface area contributed by atoms with Crippen molar-refractivity contribution in [2.75, 3.05) is 7.11 Å². The third kappa shape index (κ3) is 4.95. The maximum Gasteiger partial charge on any atom is 0.233 e. The van der Waals surface area contributed by atoms with Crippen molar-refractivity contribution >= 4 is 17.7 Å². The quantitative estimate of drug-likeness (QED) is 0.592. The maximum absolute atomic E-state index is 13.1. The van der Waals surface area contributed by atoms with Gasteiger partial charge in [-0.1, -0.05) is 23.9 Å². The lowest BCUT2D eigenvalue weighted by Gasteiger charge is -2.17. The van der Waals surface area contributed by atoms with E-state index in [-0.39, 0.29) is 23.0 Å². The SMILES string of the molecule is COc1ccc(-c2nnc(S[C@H](C)C(=O)N[C@H](C)c3ccc(F)cc3)n2C)cc1. The Morgan fingerprint density at radius 1 is 1.10 bits per heavy atom. The van der Waals surface area contributed by atoms with Crippen LogP contribution < -0.4 is 10.1 Å². The minimum Gasteiger partial charge on any atom is -0.497 e. The minimum atomic E-state index is -0.371. The number of halogens is 1. The highest BCUT2D eigenvalue weighted by Gasteiger charge is 2.21. The first-order valence-corrected chi connectivity index (χ1v) is 10.0. The maximum atomic E-state index is 13.1. The Balaban J connectivity index is 1.65. The largest absolute Gasteiger partial charge is 0.497 e. The van der Waals surface area contributed by atoms with E-state index in [1.165, 1.54) is 23.9 Å². The smallest absolute Gasteiger partial charge is 0.233 e. The van der Waals surface area contributed by atoms with Crippen molar-refractivity contribution in [3.05, 3.63) is 59.9 Å². The predicted octanol–water partition coefficient (Wildman–Crippen LogP) is 3.99. The number of nitrogens with zero attached hydrogens (tertiary/aromatic N) is 3. The molecule has 2 atom stereocenters. The van der Waals surface area contributed by atoms with Crippen LogP contribution in [-0.4, -0.2) is 33.0 Å². The highest BCUT2D eigenvalue weighted by Crippen LogP contribution is 2.27. The van der Waals surface area contributed by atoms with Crippen molar-refractivity contribution in [3.63, 3.8) is 0 Å². The van der Waals surface area contributed by atoms with Gasteiger partial charge in [-0.2, -0.15) is 0 Å². The molecule has 1 aromatic heterocycles. The monoisotopic (exact) mass is 414 g/mol. The number of ether oxygens (including phenoxy) is 1. The number of rotatable bonds is 7. The van der Waals surface area contributed by atoms with Crippen molar-refractivity contribution in [1.82, 2.24) is 20.1 Å². The van der Waals surface area contributed by atoms with E-state index >= 15 is 0 Å². The Kier molecular flexibility index (Phi) is 6.53. The van der Waals surface area contributed by atoms with Gasteiger partial charge in [0.15, 0.2) is 11.0 Å². The van der Waals surface area contributed by atoms with Gasteiger partial charge >= 0.3 is 0 Å². The van der Waals surface area contributed by atoms with Gasteiger partial charge in [0.2, 0.25) is 5.91 Å². The fourth-order valence-electron chi connectivity index (χ4n) is 2.79. The van der Waals surface area contributed by atoms with Crippen LogP contribution in [0.15, 0.2) is 53.7 Å². The number of carbonyl (C=O) groups is 1. The third-order valence-corrected chi connectivity index (χ3v) is 5.70. The molecule has 0 fully saturated rings. The van der Waals surface area contributed by atoms with Gasteiger partial charge in [0.05, 0.1) is 18.4 Å². The Hall–Kier alpha value is -2.87. The summed E-state index contributed by atoms with van der Waals surface area (Å²) in [5, 5.41) is 11.7. The molecular formula is C21H23FN4O2S. The van der Waals surface area contributed by atoms with Gasteiger partial charge in [0.25, 0.3) is 0 Å². The van der Waals surface area contributed by atoms with Crippen LogP contribution in [0.3, 0.4) is 0 Å². The van der Waals surface area contributed by atoms with Crippen molar-refractivity contribution in [2.24, 2.45) is 7.05 Å². The Labute approximate surface area is 173 Å². The molecule has 3 aromatic rings. The molecular weight excluding hydrogens is 391 g/mol. The van der Waals surface area contributed by atoms with E-state index < -0.39 is 0 Å². The Morgan fingerprint density at radius 3 is 2.38 bits per heavy atom. The number of thioether (sulfide) groups is 1. The van der Waals surface area contributed by atoms with Gasteiger partial charge in [-0.05, 0) is 55.8 Å². The topological polar surface area (TPSA) is 69.0 Å². The van der Waals surface area contributed by atoms with Crippen molar-refractivity contribution in [3.8, 4) is 17.1 Å². The summed E-state index contributed by atoms with van der Waals surface area (Å²) in [5.41, 5.74) is 1.76. The van der Waals surface area contributed by atoms with Crippen LogP contribution >= 0.6 is 11.8 Å². The lowest BCUT2D eigenvalue weighted by molar-refractivity contribution is -0.120. The van der Waals surface area contributed by atoms with E-state index in [1.807, 2.05) is 49.7 Å². The summed E-state index contributed by atoms with van der Waals surface area (Å²) < 4.78 is 20.1. The zero-order valence-electron chi connectivity index (χ0n) is 16.7. The average molecular weight is 415 g/mol. The number of aromatic nitrogens is 3. The van der Waals surface area contributed by atoms with Crippen LogP contribution in [0.5, 0.6) is 5.75 Å². The molecule has 152 valence electrons. The van der Waals surface area contributed by atoms with Gasteiger partial charge in [-0.25, -0.2) is 4.39 Å². The molecule has 29 heavy (non-hydrogen) atoms. The first-order valence-electron chi connectivity index (χ1n) is 9.15. The van der Waals surface area contributed by atoms with Crippen LogP contribution in [0, 0.1) is 5.82 Å². The van der Waals surface area contributed by atoms with Crippen molar-refractivity contribution in [1.29, 1.82) is 0 Å². The van der Waals surface area contributed by atoms with Gasteiger partial charge in [-0.15, -0.1) is 10.2 Å². The molecule has 1 amide bonds. The molecule has 0 aliphatic rings. The van der Waals surface area contributed by atoms with Gasteiger partial charge < -0.3 is 14.6 Å². The zero-order valence-corrected chi connectivity index (χ0v) is 17.5. The van der Waals surface area contributed by atoms with Gasteiger partial charge in [0, 0.05) is 12.6 Å². The third-order valence-electron chi connectivity index (χ3n) is 4.56. The number of methoxy groups -OCH3 is 1. The molecule has 8 heteroatoms. The van der Waals surface area contributed by atoms with E-state index in [9.17, 15) is 9.18 Å². The highest BCUT2D eigenvalue weighted by atomic mass is 32.2. The Morgan fingerprint density at radius 2 is 1.76 bits per heavy atom. The van der Waals surface area contributed by atoms with E-state index in [4.69, 9.17) is 4.74 Å². The lowest BCUT2D eigenvalue weighted by Crippen LogP contribution is -2.33. The first-order chi connectivity index (χ1) is 13.9.